The molecule has 0 aliphatic rings. The molecule has 0 saturated carbocycles. The first-order valence-corrected chi connectivity index (χ1v) is 29.0. The van der Waals surface area contributed by atoms with Crippen molar-refractivity contribution < 1.29 is 24.2 Å². The van der Waals surface area contributed by atoms with E-state index in [1.54, 1.807) is 0 Å². The zero-order chi connectivity index (χ0) is 48.5. The van der Waals surface area contributed by atoms with Crippen LogP contribution >= 0.6 is 0 Å². The molecule has 5 heteroatoms. The lowest BCUT2D eigenvalue weighted by molar-refractivity contribution is -0.161. The molecule has 0 aromatic heterocycles. The summed E-state index contributed by atoms with van der Waals surface area (Å²) in [4.78, 5) is 24.4. The summed E-state index contributed by atoms with van der Waals surface area (Å²) in [5, 5.41) is 9.62. The Morgan fingerprint density at radius 2 is 0.642 bits per heavy atom. The number of allylic oxidation sites excluding steroid dienone is 12. The molecule has 0 heterocycles. The van der Waals surface area contributed by atoms with Crippen LogP contribution in [0.5, 0.6) is 0 Å². The van der Waals surface area contributed by atoms with Gasteiger partial charge in [0.2, 0.25) is 0 Å². The Bertz CT molecular complexity index is 1190. The van der Waals surface area contributed by atoms with Crippen LogP contribution in [-0.2, 0) is 19.1 Å². The van der Waals surface area contributed by atoms with Crippen LogP contribution in [0.1, 0.15) is 290 Å². The lowest BCUT2D eigenvalue weighted by Crippen LogP contribution is -2.28. The summed E-state index contributed by atoms with van der Waals surface area (Å²) in [5.41, 5.74) is 0. The molecule has 0 fully saturated rings. The topological polar surface area (TPSA) is 72.8 Å². The second-order valence-electron chi connectivity index (χ2n) is 19.3. The number of hydrogen-bond donors (Lipinski definition) is 1. The second kappa shape index (κ2) is 57.7. The number of esters is 2. The van der Waals surface area contributed by atoms with Crippen molar-refractivity contribution in [3.63, 3.8) is 0 Å². The molecule has 1 N–H and O–H groups in total. The van der Waals surface area contributed by atoms with E-state index >= 15 is 0 Å². The zero-order valence-electron chi connectivity index (χ0n) is 44.4. The molecule has 0 spiro atoms. The van der Waals surface area contributed by atoms with Crippen LogP contribution in [0.3, 0.4) is 0 Å². The molecule has 0 rings (SSSR count). The van der Waals surface area contributed by atoms with Crippen LogP contribution in [0.2, 0.25) is 0 Å². The molecule has 388 valence electrons. The van der Waals surface area contributed by atoms with Gasteiger partial charge in [0.1, 0.15) is 6.61 Å². The summed E-state index contributed by atoms with van der Waals surface area (Å²) >= 11 is 0. The van der Waals surface area contributed by atoms with Crippen molar-refractivity contribution in [2.24, 2.45) is 0 Å². The summed E-state index contributed by atoms with van der Waals surface area (Å²) in [6.45, 7) is 3.99. The average molecular weight is 936 g/mol. The number of hydrogen-bond acceptors (Lipinski definition) is 5. The van der Waals surface area contributed by atoms with E-state index in [1.165, 1.54) is 199 Å². The number of aliphatic hydroxyl groups is 1. The summed E-state index contributed by atoms with van der Waals surface area (Å²) in [6.07, 6.45) is 79.2. The van der Waals surface area contributed by atoms with E-state index < -0.39 is 12.1 Å². The van der Waals surface area contributed by atoms with Gasteiger partial charge in [0.15, 0.2) is 6.10 Å². The van der Waals surface area contributed by atoms with Crippen LogP contribution in [-0.4, -0.2) is 36.4 Å². The van der Waals surface area contributed by atoms with E-state index in [-0.39, 0.29) is 25.6 Å². The number of aliphatic hydroxyl groups excluding tert-OH is 1. The summed E-state index contributed by atoms with van der Waals surface area (Å²) in [6, 6.07) is 0. The van der Waals surface area contributed by atoms with Crippen molar-refractivity contribution in [1.82, 2.24) is 0 Å². The third-order valence-electron chi connectivity index (χ3n) is 12.8. The van der Waals surface area contributed by atoms with Gasteiger partial charge in [-0.05, 0) is 51.4 Å². The fraction of sp³-hybridized carbons (Fsp3) is 0.774. The smallest absolute Gasteiger partial charge is 0.306 e. The van der Waals surface area contributed by atoms with E-state index in [9.17, 15) is 14.7 Å². The monoisotopic (exact) mass is 935 g/mol. The summed E-state index contributed by atoms with van der Waals surface area (Å²) in [5.74, 6) is -0.681. The maximum absolute atomic E-state index is 12.2. The normalized spacial score (nSPS) is 12.7. The predicted molar refractivity (Wildman–Crippen MR) is 293 cm³/mol. The largest absolute Gasteiger partial charge is 0.462 e. The quantitative estimate of drug-likeness (QED) is 0.0374. The first-order valence-electron chi connectivity index (χ1n) is 29.0. The van der Waals surface area contributed by atoms with Gasteiger partial charge < -0.3 is 14.6 Å². The fourth-order valence-corrected chi connectivity index (χ4v) is 8.47. The lowest BCUT2D eigenvalue weighted by atomic mass is 10.0. The van der Waals surface area contributed by atoms with Crippen molar-refractivity contribution in [2.75, 3.05) is 13.2 Å². The highest BCUT2D eigenvalue weighted by atomic mass is 16.6. The third-order valence-corrected chi connectivity index (χ3v) is 12.8. The van der Waals surface area contributed by atoms with E-state index in [2.05, 4.69) is 74.6 Å². The van der Waals surface area contributed by atoms with Crippen LogP contribution < -0.4 is 0 Å². The van der Waals surface area contributed by atoms with Crippen molar-refractivity contribution in [2.45, 2.75) is 296 Å². The van der Waals surface area contributed by atoms with Crippen molar-refractivity contribution >= 4 is 11.9 Å². The molecule has 1 unspecified atom stereocenters. The Morgan fingerprint density at radius 1 is 0.358 bits per heavy atom. The average Bonchev–Trinajstić information content (AvgIpc) is 3.33. The van der Waals surface area contributed by atoms with Crippen molar-refractivity contribution in [3.05, 3.63) is 72.9 Å². The van der Waals surface area contributed by atoms with Crippen LogP contribution in [0, 0.1) is 0 Å². The maximum Gasteiger partial charge on any atom is 0.306 e. The van der Waals surface area contributed by atoms with Gasteiger partial charge in [-0.2, -0.15) is 0 Å². The molecule has 5 nitrogen and oxygen atoms in total. The molecule has 0 aromatic rings. The Balaban J connectivity index is 3.47. The summed E-state index contributed by atoms with van der Waals surface area (Å²) in [7, 11) is 0. The molecule has 0 aliphatic heterocycles. The molecular weight excluding hydrogens is 825 g/mol. The van der Waals surface area contributed by atoms with E-state index in [4.69, 9.17) is 9.47 Å². The van der Waals surface area contributed by atoms with Crippen LogP contribution in [0.15, 0.2) is 72.9 Å². The Hall–Kier alpha value is -2.66. The van der Waals surface area contributed by atoms with Gasteiger partial charge in [0.25, 0.3) is 0 Å². The Kier molecular flexibility index (Phi) is 55.4. The molecule has 0 saturated heterocycles. The molecule has 1 atom stereocenters. The van der Waals surface area contributed by atoms with Gasteiger partial charge in [-0.25, -0.2) is 0 Å². The minimum Gasteiger partial charge on any atom is -0.462 e. The number of ether oxygens (including phenoxy) is 2. The number of rotatable bonds is 53. The maximum atomic E-state index is 12.2. The third kappa shape index (κ3) is 55.8. The molecule has 0 aromatic carbocycles. The SMILES string of the molecule is CC/C=C\C/C=C\C/C=C\C/C=C\C/C=C\C/C=C\CCC(=O)OC(CO)COC(=O)CCCCCCCCCCCCCCCCCCCCCCCCCCCCCCCCCCCC. The van der Waals surface area contributed by atoms with Gasteiger partial charge in [-0.3, -0.25) is 9.59 Å². The summed E-state index contributed by atoms with van der Waals surface area (Å²) < 4.78 is 10.6. The molecule has 0 radical (unpaired) electrons. The van der Waals surface area contributed by atoms with E-state index in [1.807, 2.05) is 12.2 Å². The number of carbonyl (C=O) groups is 2. The van der Waals surface area contributed by atoms with Crippen molar-refractivity contribution in [1.29, 1.82) is 0 Å². The van der Waals surface area contributed by atoms with Crippen LogP contribution in [0.25, 0.3) is 0 Å². The van der Waals surface area contributed by atoms with Gasteiger partial charge in [0, 0.05) is 12.8 Å². The fourth-order valence-electron chi connectivity index (χ4n) is 8.47. The first-order chi connectivity index (χ1) is 33.1. The van der Waals surface area contributed by atoms with Gasteiger partial charge >= 0.3 is 11.9 Å². The zero-order valence-corrected chi connectivity index (χ0v) is 44.4. The minimum atomic E-state index is -0.815. The number of carbonyl (C=O) groups excluding carboxylic acids is 2. The Morgan fingerprint density at radius 3 is 0.940 bits per heavy atom. The second-order valence-corrected chi connectivity index (χ2v) is 19.3. The van der Waals surface area contributed by atoms with E-state index in [0.717, 1.165) is 57.8 Å². The van der Waals surface area contributed by atoms with E-state index in [0.29, 0.717) is 12.8 Å². The van der Waals surface area contributed by atoms with Crippen LogP contribution in [0.4, 0.5) is 0 Å². The highest BCUT2D eigenvalue weighted by Crippen LogP contribution is 2.17. The van der Waals surface area contributed by atoms with Crippen molar-refractivity contribution in [3.8, 4) is 0 Å². The van der Waals surface area contributed by atoms with Gasteiger partial charge in [-0.1, -0.05) is 299 Å². The highest BCUT2D eigenvalue weighted by Gasteiger charge is 2.15. The predicted octanol–water partition coefficient (Wildman–Crippen LogP) is 19.6. The van der Waals surface area contributed by atoms with Gasteiger partial charge in [0.05, 0.1) is 6.61 Å². The molecular formula is C62H110O5. The molecule has 0 amide bonds. The molecule has 67 heavy (non-hydrogen) atoms. The molecule has 0 aliphatic carbocycles. The molecule has 0 bridgehead atoms. The first kappa shape index (κ1) is 64.3. The highest BCUT2D eigenvalue weighted by molar-refractivity contribution is 5.70. The Labute approximate surface area is 416 Å². The number of unbranched alkanes of at least 4 members (excludes halogenated alkanes) is 33. The minimum absolute atomic E-state index is 0.0966. The lowest BCUT2D eigenvalue weighted by Gasteiger charge is -2.15. The standard InChI is InChI=1S/C62H110O5/c1-3-5-7-9-11-13-15-17-19-21-23-24-25-26-27-28-29-30-31-32-33-34-35-36-37-39-40-42-44-46-48-50-52-54-56-61(64)66-59-60(58-63)67-62(65)57-55-53-51-49-47-45-43-41-38-22-20-18-16-14-12-10-8-6-4-2/h6,8,12,14,18,20,38,41,45,47,51,53,60,63H,3-5,7,9-11,13,15-17,19,21-37,39-40,42-44,46,48-50,52,54-59H2,1-2H3/b8-6-,14-12-,20-18-,41-38-,47-45-,53-51-. The van der Waals surface area contributed by atoms with Gasteiger partial charge in [-0.15, -0.1) is 0 Å².